The van der Waals surface area contributed by atoms with E-state index in [-0.39, 0.29) is 18.2 Å². The number of hydrogen-bond donors (Lipinski definition) is 0. The molecular formula is C21H23F2N5O2S. The molecule has 1 aromatic carbocycles. The lowest BCUT2D eigenvalue weighted by Crippen LogP contribution is -2.36. The summed E-state index contributed by atoms with van der Waals surface area (Å²) >= 11 is 1.71. The van der Waals surface area contributed by atoms with Gasteiger partial charge in [0, 0.05) is 42.8 Å². The number of benzene rings is 1. The van der Waals surface area contributed by atoms with Gasteiger partial charge in [0.1, 0.15) is 18.1 Å². The van der Waals surface area contributed by atoms with Crippen molar-refractivity contribution in [1.29, 1.82) is 0 Å². The van der Waals surface area contributed by atoms with Gasteiger partial charge in [-0.25, -0.2) is 14.6 Å². The molecule has 164 valence electrons. The van der Waals surface area contributed by atoms with E-state index in [1.807, 2.05) is 18.7 Å². The van der Waals surface area contributed by atoms with Gasteiger partial charge in [-0.15, -0.1) is 11.3 Å². The Balaban J connectivity index is 1.45. The van der Waals surface area contributed by atoms with E-state index in [1.54, 1.807) is 28.2 Å². The minimum absolute atomic E-state index is 0.00120. The Labute approximate surface area is 182 Å². The Hall–Kier alpha value is -2.88. The molecule has 0 saturated heterocycles. The highest BCUT2D eigenvalue weighted by molar-refractivity contribution is 7.11. The Morgan fingerprint density at radius 2 is 1.94 bits per heavy atom. The van der Waals surface area contributed by atoms with Gasteiger partial charge in [-0.3, -0.25) is 4.79 Å². The van der Waals surface area contributed by atoms with Crippen molar-refractivity contribution in [2.24, 2.45) is 0 Å². The molecular weight excluding hydrogens is 424 g/mol. The lowest BCUT2D eigenvalue weighted by Gasteiger charge is -2.20. The molecule has 0 aliphatic carbocycles. The minimum atomic E-state index is -2.87. The summed E-state index contributed by atoms with van der Waals surface area (Å²) in [6.07, 6.45) is 2.21. The molecule has 10 heteroatoms. The molecule has 0 spiro atoms. The summed E-state index contributed by atoms with van der Waals surface area (Å²) in [6, 6.07) is 6.15. The van der Waals surface area contributed by atoms with E-state index in [0.29, 0.717) is 36.7 Å². The van der Waals surface area contributed by atoms with E-state index in [4.69, 9.17) is 0 Å². The van der Waals surface area contributed by atoms with E-state index in [2.05, 4.69) is 19.8 Å². The monoisotopic (exact) mass is 447 g/mol. The molecule has 1 aliphatic heterocycles. The maximum absolute atomic E-state index is 13.0. The number of aromatic nitrogens is 4. The largest absolute Gasteiger partial charge is 0.435 e. The van der Waals surface area contributed by atoms with Crippen LogP contribution in [-0.4, -0.2) is 50.3 Å². The predicted molar refractivity (Wildman–Crippen MR) is 112 cm³/mol. The van der Waals surface area contributed by atoms with Crippen molar-refractivity contribution in [3.8, 4) is 17.1 Å². The number of amides is 1. The van der Waals surface area contributed by atoms with Crippen LogP contribution in [0, 0.1) is 6.92 Å². The molecule has 4 rings (SSSR count). The summed E-state index contributed by atoms with van der Waals surface area (Å²) < 4.78 is 30.7. The first kappa shape index (κ1) is 21.4. The van der Waals surface area contributed by atoms with Gasteiger partial charge < -0.3 is 9.64 Å². The van der Waals surface area contributed by atoms with Gasteiger partial charge >= 0.3 is 6.61 Å². The normalized spacial score (nSPS) is 13.9. The zero-order valence-electron chi connectivity index (χ0n) is 17.3. The van der Waals surface area contributed by atoms with Crippen LogP contribution in [0.2, 0.25) is 0 Å². The highest BCUT2D eigenvalue weighted by atomic mass is 32.1. The third kappa shape index (κ3) is 4.90. The third-order valence-electron chi connectivity index (χ3n) is 5.15. The van der Waals surface area contributed by atoms with Crippen LogP contribution in [0.4, 0.5) is 8.78 Å². The van der Waals surface area contributed by atoms with Gasteiger partial charge in [-0.05, 0) is 31.2 Å². The van der Waals surface area contributed by atoms with Crippen LogP contribution < -0.4 is 4.74 Å². The van der Waals surface area contributed by atoms with Crippen LogP contribution >= 0.6 is 11.3 Å². The highest BCUT2D eigenvalue weighted by Gasteiger charge is 2.22. The molecule has 0 fully saturated rings. The first-order valence-electron chi connectivity index (χ1n) is 10.1. The van der Waals surface area contributed by atoms with E-state index >= 15 is 0 Å². The van der Waals surface area contributed by atoms with Crippen LogP contribution in [0.15, 0.2) is 24.3 Å². The molecule has 0 saturated carbocycles. The number of aryl methyl sites for hydroxylation is 2. The van der Waals surface area contributed by atoms with Crippen molar-refractivity contribution < 1.29 is 18.3 Å². The summed E-state index contributed by atoms with van der Waals surface area (Å²) in [5.74, 6) is 1.22. The first-order chi connectivity index (χ1) is 14.9. The fourth-order valence-corrected chi connectivity index (χ4v) is 4.61. The molecule has 1 amide bonds. The molecule has 0 unspecified atom stereocenters. The van der Waals surface area contributed by atoms with Crippen molar-refractivity contribution in [2.45, 2.75) is 46.3 Å². The van der Waals surface area contributed by atoms with Gasteiger partial charge in [-0.1, -0.05) is 6.92 Å². The maximum Gasteiger partial charge on any atom is 0.387 e. The second-order valence-electron chi connectivity index (χ2n) is 7.25. The number of carbonyl (C=O) groups excluding carboxylic acids is 1. The number of ether oxygens (including phenoxy) is 1. The average molecular weight is 448 g/mol. The SMILES string of the molecule is CCc1nc(-c2ccc(OC(F)F)cc2)nn1CC(=O)N1CCc2nc(C)sc2CC1. The van der Waals surface area contributed by atoms with Crippen LogP contribution in [-0.2, 0) is 30.6 Å². The second-order valence-corrected chi connectivity index (χ2v) is 8.54. The number of hydrogen-bond acceptors (Lipinski definition) is 6. The summed E-state index contributed by atoms with van der Waals surface area (Å²) in [4.78, 5) is 25.2. The van der Waals surface area contributed by atoms with Crippen LogP contribution in [0.3, 0.4) is 0 Å². The summed E-state index contributed by atoms with van der Waals surface area (Å²) in [5.41, 5.74) is 1.78. The quantitative estimate of drug-likeness (QED) is 0.578. The van der Waals surface area contributed by atoms with Crippen molar-refractivity contribution >= 4 is 17.2 Å². The zero-order chi connectivity index (χ0) is 22.0. The van der Waals surface area contributed by atoms with E-state index in [9.17, 15) is 13.6 Å². The van der Waals surface area contributed by atoms with Gasteiger partial charge in [-0.2, -0.15) is 13.9 Å². The maximum atomic E-state index is 13.0. The minimum Gasteiger partial charge on any atom is -0.435 e. The smallest absolute Gasteiger partial charge is 0.387 e. The average Bonchev–Trinajstić information content (AvgIpc) is 3.24. The molecule has 7 nitrogen and oxygen atoms in total. The molecule has 0 radical (unpaired) electrons. The van der Waals surface area contributed by atoms with E-state index in [1.165, 1.54) is 17.0 Å². The van der Waals surface area contributed by atoms with Crippen molar-refractivity contribution in [3.63, 3.8) is 0 Å². The molecule has 2 aromatic heterocycles. The van der Waals surface area contributed by atoms with Gasteiger partial charge in [0.15, 0.2) is 5.82 Å². The number of thiazole rings is 1. The van der Waals surface area contributed by atoms with Gasteiger partial charge in [0.05, 0.1) is 10.7 Å². The number of carbonyl (C=O) groups is 1. The first-order valence-corrected chi connectivity index (χ1v) is 11.0. The van der Waals surface area contributed by atoms with E-state index < -0.39 is 6.61 Å². The third-order valence-corrected chi connectivity index (χ3v) is 6.23. The number of halogens is 2. The van der Waals surface area contributed by atoms with Gasteiger partial charge in [0.2, 0.25) is 5.91 Å². The molecule has 3 heterocycles. The Morgan fingerprint density at radius 3 is 2.65 bits per heavy atom. The van der Waals surface area contributed by atoms with Crippen LogP contribution in [0.25, 0.3) is 11.4 Å². The summed E-state index contributed by atoms with van der Waals surface area (Å²) in [5, 5.41) is 5.57. The zero-order valence-corrected chi connectivity index (χ0v) is 18.2. The fraction of sp³-hybridized carbons (Fsp3) is 0.429. The molecule has 3 aromatic rings. The Morgan fingerprint density at radius 1 is 1.19 bits per heavy atom. The lowest BCUT2D eigenvalue weighted by molar-refractivity contribution is -0.132. The molecule has 0 N–H and O–H groups in total. The number of nitrogens with zero attached hydrogens (tertiary/aromatic N) is 5. The topological polar surface area (TPSA) is 73.1 Å². The lowest BCUT2D eigenvalue weighted by atomic mass is 10.2. The van der Waals surface area contributed by atoms with E-state index in [0.717, 1.165) is 23.5 Å². The number of fused-ring (bicyclic) bond motifs is 1. The van der Waals surface area contributed by atoms with Crippen molar-refractivity contribution in [1.82, 2.24) is 24.6 Å². The van der Waals surface area contributed by atoms with Crippen LogP contribution in [0.1, 0.15) is 28.3 Å². The standard InChI is InChI=1S/C21H23F2N5O2S/c1-3-18-25-20(14-4-6-15(7-5-14)30-21(22)23)26-28(18)12-19(29)27-10-8-16-17(9-11-27)31-13(2)24-16/h4-7,21H,3,8-12H2,1-2H3. The molecule has 1 aliphatic rings. The van der Waals surface area contributed by atoms with Crippen molar-refractivity contribution in [3.05, 3.63) is 45.7 Å². The number of rotatable bonds is 6. The predicted octanol–water partition coefficient (Wildman–Crippen LogP) is 3.50. The molecule has 0 atom stereocenters. The van der Waals surface area contributed by atoms with Crippen molar-refractivity contribution in [2.75, 3.05) is 13.1 Å². The summed E-state index contributed by atoms with van der Waals surface area (Å²) in [7, 11) is 0. The fourth-order valence-electron chi connectivity index (χ4n) is 3.64. The highest BCUT2D eigenvalue weighted by Crippen LogP contribution is 2.23. The Kier molecular flexibility index (Phi) is 6.26. The molecule has 0 bridgehead atoms. The Bertz CT molecular complexity index is 1040. The van der Waals surface area contributed by atoms with Gasteiger partial charge in [0.25, 0.3) is 0 Å². The molecule has 31 heavy (non-hydrogen) atoms. The second kappa shape index (κ2) is 9.09. The van der Waals surface area contributed by atoms with Crippen LogP contribution in [0.5, 0.6) is 5.75 Å². The summed E-state index contributed by atoms with van der Waals surface area (Å²) in [6.45, 7) is 2.52. The number of alkyl halides is 2.